The average Bonchev–Trinajstić information content (AvgIpc) is 2.35. The fourth-order valence-electron chi connectivity index (χ4n) is 1.44. The van der Waals surface area contributed by atoms with Gasteiger partial charge in [-0.25, -0.2) is 4.79 Å². The van der Waals surface area contributed by atoms with Crippen molar-refractivity contribution in [3.8, 4) is 11.5 Å². The fourth-order valence-corrected chi connectivity index (χ4v) is 1.44. The SMILES string of the molecule is COC(=O)NCc1ccc2c(c1)OCCO2. The van der Waals surface area contributed by atoms with Crippen LogP contribution >= 0.6 is 0 Å². The maximum absolute atomic E-state index is 10.9. The number of alkyl carbamates (subject to hydrolysis) is 1. The van der Waals surface area contributed by atoms with Crippen molar-refractivity contribution >= 4 is 6.09 Å². The summed E-state index contributed by atoms with van der Waals surface area (Å²) in [7, 11) is 1.33. The molecule has 5 heteroatoms. The van der Waals surface area contributed by atoms with Crippen LogP contribution in [-0.4, -0.2) is 26.4 Å². The summed E-state index contributed by atoms with van der Waals surface area (Å²) in [5.41, 5.74) is 0.939. The van der Waals surface area contributed by atoms with E-state index in [0.717, 1.165) is 17.1 Å². The van der Waals surface area contributed by atoms with E-state index in [-0.39, 0.29) is 0 Å². The Hall–Kier alpha value is -1.91. The topological polar surface area (TPSA) is 56.8 Å². The van der Waals surface area contributed by atoms with Gasteiger partial charge in [0, 0.05) is 6.54 Å². The Morgan fingerprint density at radius 1 is 1.38 bits per heavy atom. The van der Waals surface area contributed by atoms with Gasteiger partial charge in [-0.15, -0.1) is 0 Å². The second-order valence-electron chi connectivity index (χ2n) is 3.32. The fraction of sp³-hybridized carbons (Fsp3) is 0.364. The molecule has 0 atom stereocenters. The largest absolute Gasteiger partial charge is 0.486 e. The molecule has 1 aliphatic rings. The second-order valence-corrected chi connectivity index (χ2v) is 3.32. The molecule has 5 nitrogen and oxygen atoms in total. The Morgan fingerprint density at radius 3 is 2.88 bits per heavy atom. The summed E-state index contributed by atoms with van der Waals surface area (Å²) < 4.78 is 15.3. The van der Waals surface area contributed by atoms with E-state index in [2.05, 4.69) is 10.1 Å². The van der Waals surface area contributed by atoms with Crippen LogP contribution in [0.4, 0.5) is 4.79 Å². The van der Waals surface area contributed by atoms with Crippen LogP contribution in [-0.2, 0) is 11.3 Å². The highest BCUT2D eigenvalue weighted by atomic mass is 16.6. The monoisotopic (exact) mass is 223 g/mol. The van der Waals surface area contributed by atoms with E-state index >= 15 is 0 Å². The maximum atomic E-state index is 10.9. The lowest BCUT2D eigenvalue weighted by Gasteiger charge is -2.18. The van der Waals surface area contributed by atoms with Gasteiger partial charge in [0.25, 0.3) is 0 Å². The van der Waals surface area contributed by atoms with Gasteiger partial charge in [0.15, 0.2) is 11.5 Å². The van der Waals surface area contributed by atoms with Gasteiger partial charge in [0.1, 0.15) is 13.2 Å². The lowest BCUT2D eigenvalue weighted by molar-refractivity contribution is 0.169. The molecule has 1 amide bonds. The van der Waals surface area contributed by atoms with Gasteiger partial charge in [-0.1, -0.05) is 6.07 Å². The molecule has 0 saturated heterocycles. The Bertz CT molecular complexity index is 392. The van der Waals surface area contributed by atoms with Crippen molar-refractivity contribution in [3.05, 3.63) is 23.8 Å². The Morgan fingerprint density at radius 2 is 2.12 bits per heavy atom. The van der Waals surface area contributed by atoms with Gasteiger partial charge >= 0.3 is 6.09 Å². The van der Waals surface area contributed by atoms with Crippen LogP contribution in [0.2, 0.25) is 0 Å². The highest BCUT2D eigenvalue weighted by Gasteiger charge is 2.11. The Labute approximate surface area is 93.3 Å². The minimum absolute atomic E-state index is 0.406. The van der Waals surface area contributed by atoms with Crippen LogP contribution in [0.25, 0.3) is 0 Å². The normalized spacial score (nSPS) is 13.1. The standard InChI is InChI=1S/C11H13NO4/c1-14-11(13)12-7-8-2-3-9-10(6-8)16-5-4-15-9/h2-3,6H,4-5,7H2,1H3,(H,12,13). The van der Waals surface area contributed by atoms with Crippen molar-refractivity contribution in [1.82, 2.24) is 5.32 Å². The number of fused-ring (bicyclic) bond motifs is 1. The summed E-state index contributed by atoms with van der Waals surface area (Å²) in [6, 6.07) is 5.57. The number of hydrogen-bond acceptors (Lipinski definition) is 4. The molecule has 1 heterocycles. The van der Waals surface area contributed by atoms with E-state index in [1.807, 2.05) is 18.2 Å². The van der Waals surface area contributed by atoms with Crippen LogP contribution in [0.3, 0.4) is 0 Å². The van der Waals surface area contributed by atoms with E-state index in [0.29, 0.717) is 19.8 Å². The highest BCUT2D eigenvalue weighted by molar-refractivity contribution is 5.66. The van der Waals surface area contributed by atoms with Crippen molar-refractivity contribution in [2.45, 2.75) is 6.54 Å². The van der Waals surface area contributed by atoms with Crippen LogP contribution in [0.15, 0.2) is 18.2 Å². The zero-order chi connectivity index (χ0) is 11.4. The van der Waals surface area contributed by atoms with E-state index in [1.54, 1.807) is 0 Å². The van der Waals surface area contributed by atoms with Crippen LogP contribution in [0, 0.1) is 0 Å². The van der Waals surface area contributed by atoms with Gasteiger partial charge in [0.2, 0.25) is 0 Å². The van der Waals surface area contributed by atoms with Gasteiger partial charge in [0.05, 0.1) is 7.11 Å². The average molecular weight is 223 g/mol. The minimum Gasteiger partial charge on any atom is -0.486 e. The first kappa shape index (κ1) is 10.6. The maximum Gasteiger partial charge on any atom is 0.407 e. The van der Waals surface area contributed by atoms with Crippen molar-refractivity contribution in [2.24, 2.45) is 0 Å². The lowest BCUT2D eigenvalue weighted by Crippen LogP contribution is -2.22. The molecule has 1 aliphatic heterocycles. The van der Waals surface area contributed by atoms with E-state index in [9.17, 15) is 4.79 Å². The molecule has 1 aromatic carbocycles. The first-order valence-corrected chi connectivity index (χ1v) is 5.00. The van der Waals surface area contributed by atoms with Gasteiger partial charge in [-0.3, -0.25) is 0 Å². The van der Waals surface area contributed by atoms with Crippen LogP contribution in [0.5, 0.6) is 11.5 Å². The van der Waals surface area contributed by atoms with E-state index in [1.165, 1.54) is 7.11 Å². The molecular formula is C11H13NO4. The first-order valence-electron chi connectivity index (χ1n) is 5.00. The molecule has 0 spiro atoms. The van der Waals surface area contributed by atoms with Crippen molar-refractivity contribution in [2.75, 3.05) is 20.3 Å². The number of carbonyl (C=O) groups is 1. The molecule has 0 radical (unpaired) electrons. The van der Waals surface area contributed by atoms with Crippen molar-refractivity contribution < 1.29 is 19.0 Å². The van der Waals surface area contributed by atoms with Crippen molar-refractivity contribution in [1.29, 1.82) is 0 Å². The number of nitrogens with one attached hydrogen (secondary N) is 1. The number of amides is 1. The van der Waals surface area contributed by atoms with Gasteiger partial charge < -0.3 is 19.5 Å². The van der Waals surface area contributed by atoms with Crippen LogP contribution < -0.4 is 14.8 Å². The second kappa shape index (κ2) is 4.74. The third-order valence-electron chi connectivity index (χ3n) is 2.23. The molecule has 2 rings (SSSR count). The molecule has 0 aromatic heterocycles. The van der Waals surface area contributed by atoms with Crippen molar-refractivity contribution in [3.63, 3.8) is 0 Å². The summed E-state index contributed by atoms with van der Waals surface area (Å²) in [5.74, 6) is 1.46. The molecule has 16 heavy (non-hydrogen) atoms. The number of rotatable bonds is 2. The molecule has 0 bridgehead atoms. The summed E-state index contributed by atoms with van der Waals surface area (Å²) in [4.78, 5) is 10.9. The highest BCUT2D eigenvalue weighted by Crippen LogP contribution is 2.30. The van der Waals surface area contributed by atoms with Crippen LogP contribution in [0.1, 0.15) is 5.56 Å². The van der Waals surface area contributed by atoms with E-state index in [4.69, 9.17) is 9.47 Å². The first-order chi connectivity index (χ1) is 7.79. The number of carbonyl (C=O) groups excluding carboxylic acids is 1. The van der Waals surface area contributed by atoms with E-state index < -0.39 is 6.09 Å². The number of methoxy groups -OCH3 is 1. The van der Waals surface area contributed by atoms with Gasteiger partial charge in [-0.2, -0.15) is 0 Å². The zero-order valence-corrected chi connectivity index (χ0v) is 8.99. The predicted octanol–water partition coefficient (Wildman–Crippen LogP) is 1.31. The Kier molecular flexibility index (Phi) is 3.14. The quantitative estimate of drug-likeness (QED) is 0.821. The number of benzene rings is 1. The molecule has 1 N–H and O–H groups in total. The lowest BCUT2D eigenvalue weighted by atomic mass is 10.2. The summed E-state index contributed by atoms with van der Waals surface area (Å²) >= 11 is 0. The molecule has 0 fully saturated rings. The molecule has 1 aromatic rings. The zero-order valence-electron chi connectivity index (χ0n) is 8.99. The van der Waals surface area contributed by atoms with Gasteiger partial charge in [-0.05, 0) is 17.7 Å². The molecule has 0 aliphatic carbocycles. The Balaban J connectivity index is 2.03. The molecule has 0 saturated carbocycles. The number of hydrogen-bond donors (Lipinski definition) is 1. The predicted molar refractivity (Wildman–Crippen MR) is 56.7 cm³/mol. The third-order valence-corrected chi connectivity index (χ3v) is 2.23. The summed E-state index contributed by atoms with van der Waals surface area (Å²) in [5, 5.41) is 2.60. The summed E-state index contributed by atoms with van der Waals surface area (Å²) in [6.07, 6.45) is -0.449. The molecular weight excluding hydrogens is 210 g/mol. The molecule has 0 unspecified atom stereocenters. The summed E-state index contributed by atoms with van der Waals surface area (Å²) in [6.45, 7) is 1.54. The smallest absolute Gasteiger partial charge is 0.407 e. The third kappa shape index (κ3) is 2.36. The minimum atomic E-state index is -0.449. The number of ether oxygens (including phenoxy) is 3. The molecule has 86 valence electrons.